The second-order valence-corrected chi connectivity index (χ2v) is 4.08. The Bertz CT molecular complexity index is 682. The fourth-order valence-corrected chi connectivity index (χ4v) is 1.60. The monoisotopic (exact) mass is 304 g/mol. The van der Waals surface area contributed by atoms with Crippen LogP contribution in [0.2, 0.25) is 0 Å². The van der Waals surface area contributed by atoms with Crippen molar-refractivity contribution >= 4 is 5.97 Å². The van der Waals surface area contributed by atoms with Gasteiger partial charge in [-0.15, -0.1) is 0 Å². The van der Waals surface area contributed by atoms with Crippen LogP contribution in [0.1, 0.15) is 21.9 Å². The number of aromatic carboxylic acids is 1. The molecule has 1 aromatic carbocycles. The molecule has 2 rings (SSSR count). The molecule has 4 nitrogen and oxygen atoms in total. The predicted octanol–water partition coefficient (Wildman–Crippen LogP) is 3.42. The number of carboxylic acid groups (broad SMARTS) is 1. The molecule has 0 saturated carbocycles. The Morgan fingerprint density at radius 1 is 1.19 bits per heavy atom. The Hall–Kier alpha value is -2.51. The molecule has 0 bridgehead atoms. The lowest BCUT2D eigenvalue weighted by Gasteiger charge is -2.08. The smallest absolute Gasteiger partial charge is 0.371 e. The van der Waals surface area contributed by atoms with Gasteiger partial charge in [-0.25, -0.2) is 13.6 Å². The molecule has 0 unspecified atom stereocenters. The maximum atomic E-state index is 13.4. The molecule has 0 amide bonds. The van der Waals surface area contributed by atoms with Crippen LogP contribution in [0, 0.1) is 30.2 Å². The number of ether oxygens (including phenoxy) is 1. The fraction of sp³-hybridized carbons (Fsp3) is 0.154. The maximum absolute atomic E-state index is 13.4. The lowest BCUT2D eigenvalue weighted by Crippen LogP contribution is -2.04. The summed E-state index contributed by atoms with van der Waals surface area (Å²) in [7, 11) is 0. The van der Waals surface area contributed by atoms with Crippen LogP contribution in [0.3, 0.4) is 0 Å². The molecule has 1 heterocycles. The first-order chi connectivity index (χ1) is 9.81. The van der Waals surface area contributed by atoms with E-state index in [1.54, 1.807) is 0 Å². The number of rotatable bonds is 4. The third-order valence-electron chi connectivity index (χ3n) is 2.67. The molecule has 0 saturated heterocycles. The zero-order valence-electron chi connectivity index (χ0n) is 10.5. The molecule has 2 aromatic rings. The number of aryl methyl sites for hydroxylation is 1. The SMILES string of the molecule is Cc1oc(C(=O)O)cc1COc1c(F)c(F)cc(F)c1F. The quantitative estimate of drug-likeness (QED) is 0.694. The largest absolute Gasteiger partial charge is 0.483 e. The summed E-state index contributed by atoms with van der Waals surface area (Å²) in [4.78, 5) is 10.7. The Morgan fingerprint density at radius 2 is 1.76 bits per heavy atom. The minimum Gasteiger partial charge on any atom is -0.483 e. The van der Waals surface area contributed by atoms with Crippen LogP contribution in [0.15, 0.2) is 16.5 Å². The van der Waals surface area contributed by atoms with Crippen LogP contribution >= 0.6 is 0 Å². The summed E-state index contributed by atoms with van der Waals surface area (Å²) in [5.74, 6) is -9.34. The maximum Gasteiger partial charge on any atom is 0.371 e. The van der Waals surface area contributed by atoms with E-state index in [0.29, 0.717) is 0 Å². The van der Waals surface area contributed by atoms with E-state index in [9.17, 15) is 22.4 Å². The molecule has 1 N–H and O–H groups in total. The highest BCUT2D eigenvalue weighted by atomic mass is 19.2. The van der Waals surface area contributed by atoms with Gasteiger partial charge in [0.15, 0.2) is 17.4 Å². The molecule has 0 aliphatic carbocycles. The summed E-state index contributed by atoms with van der Waals surface area (Å²) in [6, 6.07) is 1.15. The van der Waals surface area contributed by atoms with E-state index in [1.807, 2.05) is 0 Å². The van der Waals surface area contributed by atoms with Gasteiger partial charge in [0, 0.05) is 11.6 Å². The molecule has 0 radical (unpaired) electrons. The van der Waals surface area contributed by atoms with Crippen molar-refractivity contribution in [3.8, 4) is 5.75 Å². The van der Waals surface area contributed by atoms with Crippen LogP contribution in [0.5, 0.6) is 5.75 Å². The van der Waals surface area contributed by atoms with Crippen LogP contribution in [-0.2, 0) is 6.61 Å². The second kappa shape index (κ2) is 5.47. The number of carbonyl (C=O) groups is 1. The van der Waals surface area contributed by atoms with Gasteiger partial charge in [-0.05, 0) is 13.0 Å². The molecule has 21 heavy (non-hydrogen) atoms. The van der Waals surface area contributed by atoms with Crippen molar-refractivity contribution in [3.05, 3.63) is 52.5 Å². The van der Waals surface area contributed by atoms with E-state index >= 15 is 0 Å². The van der Waals surface area contributed by atoms with Gasteiger partial charge in [0.1, 0.15) is 12.4 Å². The molecule has 0 spiro atoms. The van der Waals surface area contributed by atoms with Crippen molar-refractivity contribution < 1.29 is 36.6 Å². The zero-order valence-corrected chi connectivity index (χ0v) is 10.5. The fourth-order valence-electron chi connectivity index (χ4n) is 1.60. The van der Waals surface area contributed by atoms with Gasteiger partial charge in [0.05, 0.1) is 0 Å². The topological polar surface area (TPSA) is 59.7 Å². The van der Waals surface area contributed by atoms with Crippen molar-refractivity contribution in [2.75, 3.05) is 0 Å². The van der Waals surface area contributed by atoms with E-state index in [-0.39, 0.29) is 17.4 Å². The number of benzene rings is 1. The first-order valence-electron chi connectivity index (χ1n) is 5.59. The van der Waals surface area contributed by atoms with Gasteiger partial charge >= 0.3 is 5.97 Å². The average molecular weight is 304 g/mol. The van der Waals surface area contributed by atoms with E-state index in [2.05, 4.69) is 0 Å². The lowest BCUT2D eigenvalue weighted by atomic mass is 10.2. The first kappa shape index (κ1) is 14.9. The average Bonchev–Trinajstić information content (AvgIpc) is 2.78. The molecule has 1 aromatic heterocycles. The molecule has 0 aliphatic rings. The van der Waals surface area contributed by atoms with E-state index in [1.165, 1.54) is 6.92 Å². The summed E-state index contributed by atoms with van der Waals surface area (Å²) in [5.41, 5.74) is 0.177. The van der Waals surface area contributed by atoms with E-state index in [4.69, 9.17) is 14.3 Å². The van der Waals surface area contributed by atoms with E-state index in [0.717, 1.165) is 6.07 Å². The minimum atomic E-state index is -1.67. The summed E-state index contributed by atoms with van der Waals surface area (Å²) < 4.78 is 62.2. The number of halogens is 4. The highest BCUT2D eigenvalue weighted by molar-refractivity contribution is 5.84. The summed E-state index contributed by atoms with van der Waals surface area (Å²) >= 11 is 0. The van der Waals surface area contributed by atoms with Gasteiger partial charge in [-0.2, -0.15) is 8.78 Å². The van der Waals surface area contributed by atoms with Gasteiger partial charge in [0.2, 0.25) is 17.4 Å². The Labute approximate surface area is 115 Å². The van der Waals surface area contributed by atoms with Crippen molar-refractivity contribution in [3.63, 3.8) is 0 Å². The minimum absolute atomic E-state index is 0.0587. The summed E-state index contributed by atoms with van der Waals surface area (Å²) in [5, 5.41) is 8.72. The molecular formula is C13H8F4O4. The van der Waals surface area contributed by atoms with Crippen molar-refractivity contribution in [2.24, 2.45) is 0 Å². The first-order valence-corrected chi connectivity index (χ1v) is 5.59. The Morgan fingerprint density at radius 3 is 2.24 bits per heavy atom. The molecule has 0 aliphatic heterocycles. The van der Waals surface area contributed by atoms with Crippen molar-refractivity contribution in [1.29, 1.82) is 0 Å². The summed E-state index contributed by atoms with van der Waals surface area (Å²) in [6.45, 7) is 0.892. The van der Waals surface area contributed by atoms with Gasteiger partial charge in [-0.1, -0.05) is 0 Å². The van der Waals surface area contributed by atoms with Gasteiger partial charge < -0.3 is 14.3 Å². The van der Waals surface area contributed by atoms with Crippen LogP contribution in [0.25, 0.3) is 0 Å². The summed E-state index contributed by atoms with van der Waals surface area (Å²) in [6.07, 6.45) is 0. The Balaban J connectivity index is 2.27. The highest BCUT2D eigenvalue weighted by Gasteiger charge is 2.21. The molecular weight excluding hydrogens is 296 g/mol. The third kappa shape index (κ3) is 2.83. The number of hydrogen-bond donors (Lipinski definition) is 1. The van der Waals surface area contributed by atoms with Crippen LogP contribution in [0.4, 0.5) is 17.6 Å². The number of carboxylic acids is 1. The van der Waals surface area contributed by atoms with Crippen LogP contribution < -0.4 is 4.74 Å². The molecule has 0 atom stereocenters. The third-order valence-corrected chi connectivity index (χ3v) is 2.67. The van der Waals surface area contributed by atoms with Gasteiger partial charge in [-0.3, -0.25) is 0 Å². The number of hydrogen-bond acceptors (Lipinski definition) is 3. The molecule has 112 valence electrons. The zero-order chi connectivity index (χ0) is 15.7. The molecule has 0 fully saturated rings. The number of furan rings is 1. The molecule has 8 heteroatoms. The lowest BCUT2D eigenvalue weighted by molar-refractivity contribution is 0.0661. The second-order valence-electron chi connectivity index (χ2n) is 4.08. The standard InChI is InChI=1S/C13H8F4O4/c1-5-6(2-9(21-5)13(18)19)4-20-12-10(16)7(14)3-8(15)11(12)17/h2-3H,4H2,1H3,(H,18,19). The van der Waals surface area contributed by atoms with Gasteiger partial charge in [0.25, 0.3) is 0 Å². The van der Waals surface area contributed by atoms with Crippen molar-refractivity contribution in [1.82, 2.24) is 0 Å². The van der Waals surface area contributed by atoms with Crippen molar-refractivity contribution in [2.45, 2.75) is 13.5 Å². The highest BCUT2D eigenvalue weighted by Crippen LogP contribution is 2.28. The normalized spacial score (nSPS) is 10.7. The Kier molecular flexibility index (Phi) is 3.88. The predicted molar refractivity (Wildman–Crippen MR) is 61.0 cm³/mol. The van der Waals surface area contributed by atoms with Crippen LogP contribution in [-0.4, -0.2) is 11.1 Å². The van der Waals surface area contributed by atoms with E-state index < -0.39 is 47.4 Å².